The van der Waals surface area contributed by atoms with Crippen LogP contribution < -0.4 is 5.32 Å². The molecule has 0 saturated carbocycles. The predicted octanol–water partition coefficient (Wildman–Crippen LogP) is 2.06. The Morgan fingerprint density at radius 2 is 2.24 bits per heavy atom. The van der Waals surface area contributed by atoms with Gasteiger partial charge in [-0.25, -0.2) is 0 Å². The second kappa shape index (κ2) is 5.11. The maximum Gasteiger partial charge on any atom is 0.251 e. The van der Waals surface area contributed by atoms with Gasteiger partial charge in [0.15, 0.2) is 0 Å². The monoisotopic (exact) mass is 281 g/mol. The van der Waals surface area contributed by atoms with Crippen LogP contribution in [0, 0.1) is 5.92 Å². The molecule has 4 heteroatoms. The lowest BCUT2D eigenvalue weighted by atomic mass is 9.96. The highest BCUT2D eigenvalue weighted by molar-refractivity contribution is 5.98. The van der Waals surface area contributed by atoms with E-state index in [0.717, 1.165) is 35.3 Å². The summed E-state index contributed by atoms with van der Waals surface area (Å²) in [6.45, 7) is 3.41. The Hall–Kier alpha value is -1.94. The lowest BCUT2D eigenvalue weighted by molar-refractivity contribution is 0.0909. The molecule has 4 nitrogen and oxygen atoms in total. The van der Waals surface area contributed by atoms with E-state index in [9.17, 15) is 4.79 Å². The number of aromatic nitrogens is 1. The minimum Gasteiger partial charge on any atom is -0.348 e. The van der Waals surface area contributed by atoms with Crippen molar-refractivity contribution >= 4 is 16.8 Å². The third-order valence-corrected chi connectivity index (χ3v) is 4.67. The number of piperidine rings is 1. The van der Waals surface area contributed by atoms with E-state index in [1.54, 1.807) is 6.20 Å². The van der Waals surface area contributed by atoms with Crippen molar-refractivity contribution in [2.45, 2.75) is 18.9 Å². The first-order valence-corrected chi connectivity index (χ1v) is 7.66. The van der Waals surface area contributed by atoms with Crippen molar-refractivity contribution in [2.75, 3.05) is 19.6 Å². The minimum absolute atomic E-state index is 0.0354. The molecular formula is C17H19N3O. The summed E-state index contributed by atoms with van der Waals surface area (Å²) < 4.78 is 0. The number of amides is 1. The lowest BCUT2D eigenvalue weighted by Gasteiger charge is -2.30. The first-order valence-electron chi connectivity index (χ1n) is 7.66. The molecule has 2 saturated heterocycles. The number of benzene rings is 1. The lowest BCUT2D eigenvalue weighted by Crippen LogP contribution is -2.47. The summed E-state index contributed by atoms with van der Waals surface area (Å²) in [5.74, 6) is 0.804. The van der Waals surface area contributed by atoms with Gasteiger partial charge in [-0.05, 0) is 49.6 Å². The Morgan fingerprint density at radius 3 is 3.14 bits per heavy atom. The van der Waals surface area contributed by atoms with Gasteiger partial charge in [0.1, 0.15) is 0 Å². The molecule has 108 valence electrons. The number of nitrogens with zero attached hydrogens (tertiary/aromatic N) is 2. The van der Waals surface area contributed by atoms with Crippen LogP contribution in [0.4, 0.5) is 0 Å². The van der Waals surface area contributed by atoms with Crippen molar-refractivity contribution in [3.05, 3.63) is 42.1 Å². The van der Waals surface area contributed by atoms with Crippen LogP contribution in [0.5, 0.6) is 0 Å². The first-order chi connectivity index (χ1) is 10.3. The normalized spacial score (nSPS) is 27.7. The van der Waals surface area contributed by atoms with E-state index in [2.05, 4.69) is 15.2 Å². The number of hydrogen-bond donors (Lipinski definition) is 1. The van der Waals surface area contributed by atoms with E-state index < -0.39 is 0 Å². The smallest absolute Gasteiger partial charge is 0.251 e. The molecule has 3 heterocycles. The van der Waals surface area contributed by atoms with Crippen molar-refractivity contribution in [3.63, 3.8) is 0 Å². The van der Waals surface area contributed by atoms with Gasteiger partial charge in [0.25, 0.3) is 5.91 Å². The zero-order chi connectivity index (χ0) is 14.2. The van der Waals surface area contributed by atoms with Crippen molar-refractivity contribution < 1.29 is 4.79 Å². The van der Waals surface area contributed by atoms with Crippen LogP contribution in [-0.4, -0.2) is 41.5 Å². The molecule has 3 atom stereocenters. The molecule has 2 aliphatic rings. The number of fused-ring (bicyclic) bond motifs is 3. The Balaban J connectivity index is 1.50. The van der Waals surface area contributed by atoms with Gasteiger partial charge in [-0.2, -0.15) is 0 Å². The van der Waals surface area contributed by atoms with Crippen LogP contribution in [0.1, 0.15) is 23.2 Å². The van der Waals surface area contributed by atoms with Crippen molar-refractivity contribution in [1.82, 2.24) is 15.2 Å². The molecule has 21 heavy (non-hydrogen) atoms. The molecule has 2 bridgehead atoms. The van der Waals surface area contributed by atoms with E-state index in [-0.39, 0.29) is 5.91 Å². The Morgan fingerprint density at radius 1 is 1.29 bits per heavy atom. The number of hydrogen-bond acceptors (Lipinski definition) is 3. The molecular weight excluding hydrogens is 262 g/mol. The SMILES string of the molecule is O=C(NC1CC2CCN(C2)C1)c1ccc2ncccc2c1. The fourth-order valence-electron chi connectivity index (χ4n) is 3.65. The molecule has 0 spiro atoms. The van der Waals surface area contributed by atoms with Gasteiger partial charge in [0, 0.05) is 36.3 Å². The highest BCUT2D eigenvalue weighted by Crippen LogP contribution is 2.26. The molecule has 3 unspecified atom stereocenters. The molecule has 2 aromatic rings. The summed E-state index contributed by atoms with van der Waals surface area (Å²) in [6, 6.07) is 9.89. The number of carbonyl (C=O) groups excluding carboxylic acids is 1. The van der Waals surface area contributed by atoms with Gasteiger partial charge in [-0.15, -0.1) is 0 Å². The molecule has 4 rings (SSSR count). The van der Waals surface area contributed by atoms with E-state index in [0.29, 0.717) is 6.04 Å². The van der Waals surface area contributed by atoms with E-state index in [1.807, 2.05) is 30.3 Å². The van der Waals surface area contributed by atoms with Gasteiger partial charge in [0.2, 0.25) is 0 Å². The number of carbonyl (C=O) groups is 1. The molecule has 1 aromatic carbocycles. The van der Waals surface area contributed by atoms with Gasteiger partial charge in [0.05, 0.1) is 5.52 Å². The van der Waals surface area contributed by atoms with Crippen LogP contribution in [0.2, 0.25) is 0 Å². The molecule has 0 aliphatic carbocycles. The number of nitrogens with one attached hydrogen (secondary N) is 1. The van der Waals surface area contributed by atoms with Crippen LogP contribution >= 0.6 is 0 Å². The Kier molecular flexibility index (Phi) is 3.11. The summed E-state index contributed by atoms with van der Waals surface area (Å²) >= 11 is 0. The third kappa shape index (κ3) is 2.51. The summed E-state index contributed by atoms with van der Waals surface area (Å²) in [5, 5.41) is 4.21. The van der Waals surface area contributed by atoms with E-state index in [1.165, 1.54) is 19.5 Å². The summed E-state index contributed by atoms with van der Waals surface area (Å²) in [4.78, 5) is 19.2. The summed E-state index contributed by atoms with van der Waals surface area (Å²) in [5.41, 5.74) is 1.65. The van der Waals surface area contributed by atoms with Crippen LogP contribution in [0.25, 0.3) is 10.9 Å². The maximum absolute atomic E-state index is 12.4. The summed E-state index contributed by atoms with van der Waals surface area (Å²) in [7, 11) is 0. The maximum atomic E-state index is 12.4. The Labute approximate surface area is 124 Å². The second-order valence-electron chi connectivity index (χ2n) is 6.23. The zero-order valence-corrected chi connectivity index (χ0v) is 12.0. The molecule has 1 amide bonds. The van der Waals surface area contributed by atoms with Crippen LogP contribution in [-0.2, 0) is 0 Å². The van der Waals surface area contributed by atoms with Crippen molar-refractivity contribution in [1.29, 1.82) is 0 Å². The number of pyridine rings is 1. The number of rotatable bonds is 2. The van der Waals surface area contributed by atoms with Gasteiger partial charge in [-0.1, -0.05) is 6.07 Å². The third-order valence-electron chi connectivity index (χ3n) is 4.67. The van der Waals surface area contributed by atoms with Crippen molar-refractivity contribution in [3.8, 4) is 0 Å². The van der Waals surface area contributed by atoms with Gasteiger partial charge < -0.3 is 10.2 Å². The topological polar surface area (TPSA) is 45.2 Å². The largest absolute Gasteiger partial charge is 0.348 e. The standard InChI is InChI=1S/C17H19N3O/c21-17(19-15-8-12-5-7-20(10-12)11-15)14-3-4-16-13(9-14)2-1-6-18-16/h1-4,6,9,12,15H,5,7-8,10-11H2,(H,19,21). The Bertz CT molecular complexity index is 673. The van der Waals surface area contributed by atoms with E-state index >= 15 is 0 Å². The predicted molar refractivity (Wildman–Crippen MR) is 82.2 cm³/mol. The molecule has 2 aliphatic heterocycles. The van der Waals surface area contributed by atoms with Crippen LogP contribution in [0.15, 0.2) is 36.5 Å². The fourth-order valence-corrected chi connectivity index (χ4v) is 3.65. The van der Waals surface area contributed by atoms with Crippen molar-refractivity contribution in [2.24, 2.45) is 5.92 Å². The zero-order valence-electron chi connectivity index (χ0n) is 12.0. The molecule has 1 aromatic heterocycles. The quantitative estimate of drug-likeness (QED) is 0.916. The highest BCUT2D eigenvalue weighted by Gasteiger charge is 2.32. The minimum atomic E-state index is 0.0354. The van der Waals surface area contributed by atoms with E-state index in [4.69, 9.17) is 0 Å². The summed E-state index contributed by atoms with van der Waals surface area (Å²) in [6.07, 6.45) is 4.18. The molecule has 1 N–H and O–H groups in total. The first kappa shape index (κ1) is 12.8. The average molecular weight is 281 g/mol. The second-order valence-corrected chi connectivity index (χ2v) is 6.23. The average Bonchev–Trinajstić information content (AvgIpc) is 2.85. The van der Waals surface area contributed by atoms with Crippen LogP contribution in [0.3, 0.4) is 0 Å². The van der Waals surface area contributed by atoms with Gasteiger partial charge in [-0.3, -0.25) is 9.78 Å². The van der Waals surface area contributed by atoms with Gasteiger partial charge >= 0.3 is 0 Å². The highest BCUT2D eigenvalue weighted by atomic mass is 16.1. The molecule has 0 radical (unpaired) electrons. The molecule has 2 fully saturated rings. The fraction of sp³-hybridized carbons (Fsp3) is 0.412.